The Hall–Kier alpha value is -2.04. The second-order valence-electron chi connectivity index (χ2n) is 6.84. The van der Waals surface area contributed by atoms with Gasteiger partial charge in [-0.05, 0) is 52.2 Å². The Balaban J connectivity index is 2.05. The first-order valence-electron chi connectivity index (χ1n) is 7.73. The average Bonchev–Trinajstić information content (AvgIpc) is 2.89. The Labute approximate surface area is 132 Å². The summed E-state index contributed by atoms with van der Waals surface area (Å²) < 4.78 is 0. The maximum atomic E-state index is 12.5. The van der Waals surface area contributed by atoms with E-state index >= 15 is 0 Å². The summed E-state index contributed by atoms with van der Waals surface area (Å²) in [6.07, 6.45) is 1.56. The lowest BCUT2D eigenvalue weighted by Gasteiger charge is -2.28. The van der Waals surface area contributed by atoms with Crippen LogP contribution in [-0.4, -0.2) is 35.0 Å². The van der Waals surface area contributed by atoms with Gasteiger partial charge in [-0.25, -0.2) is 4.79 Å². The highest BCUT2D eigenvalue weighted by atomic mass is 16.2. The zero-order chi connectivity index (χ0) is 16.3. The number of carbonyl (C=O) groups excluding carboxylic acids is 2. The van der Waals surface area contributed by atoms with Gasteiger partial charge in [0.05, 0.1) is 0 Å². The summed E-state index contributed by atoms with van der Waals surface area (Å²) in [6, 6.07) is 7.04. The predicted molar refractivity (Wildman–Crippen MR) is 87.8 cm³/mol. The molecule has 1 aliphatic heterocycles. The number of para-hydroxylation sites is 1. The molecule has 2 rings (SSSR count). The van der Waals surface area contributed by atoms with Gasteiger partial charge in [0.1, 0.15) is 6.04 Å². The van der Waals surface area contributed by atoms with Gasteiger partial charge in [0.15, 0.2) is 0 Å². The predicted octanol–water partition coefficient (Wildman–Crippen LogP) is 2.91. The maximum absolute atomic E-state index is 12.5. The summed E-state index contributed by atoms with van der Waals surface area (Å²) in [5, 5.41) is 5.87. The van der Waals surface area contributed by atoms with Gasteiger partial charge in [-0.1, -0.05) is 18.2 Å². The van der Waals surface area contributed by atoms with E-state index in [1.807, 2.05) is 52.0 Å². The first kappa shape index (κ1) is 16.3. The molecule has 3 amide bonds. The average molecular weight is 303 g/mol. The SMILES string of the molecule is Cc1ccccc1NC(=O)N1CCCC1C(=O)NC(C)(C)C. The summed E-state index contributed by atoms with van der Waals surface area (Å²) in [5.41, 5.74) is 1.50. The molecule has 1 aromatic rings. The monoisotopic (exact) mass is 303 g/mol. The molecule has 5 heteroatoms. The van der Waals surface area contributed by atoms with E-state index in [1.54, 1.807) is 4.90 Å². The molecule has 1 aliphatic rings. The van der Waals surface area contributed by atoms with Crippen molar-refractivity contribution in [1.82, 2.24) is 10.2 Å². The Morgan fingerprint density at radius 3 is 2.55 bits per heavy atom. The van der Waals surface area contributed by atoms with Crippen molar-refractivity contribution in [2.75, 3.05) is 11.9 Å². The molecule has 1 fully saturated rings. The number of hydrogen-bond acceptors (Lipinski definition) is 2. The molecule has 0 spiro atoms. The van der Waals surface area contributed by atoms with E-state index in [0.29, 0.717) is 13.0 Å². The van der Waals surface area contributed by atoms with Crippen molar-refractivity contribution in [2.24, 2.45) is 0 Å². The molecule has 0 aromatic heterocycles. The van der Waals surface area contributed by atoms with Crippen LogP contribution in [0.4, 0.5) is 10.5 Å². The van der Waals surface area contributed by atoms with Crippen LogP contribution in [-0.2, 0) is 4.79 Å². The third kappa shape index (κ3) is 4.00. The lowest BCUT2D eigenvalue weighted by atomic mass is 10.1. The Morgan fingerprint density at radius 1 is 1.23 bits per heavy atom. The second-order valence-corrected chi connectivity index (χ2v) is 6.84. The molecule has 120 valence electrons. The number of nitrogens with one attached hydrogen (secondary N) is 2. The quantitative estimate of drug-likeness (QED) is 0.882. The molecule has 0 aliphatic carbocycles. The summed E-state index contributed by atoms with van der Waals surface area (Å²) in [7, 11) is 0. The second kappa shape index (κ2) is 6.38. The van der Waals surface area contributed by atoms with Crippen molar-refractivity contribution in [3.63, 3.8) is 0 Å². The van der Waals surface area contributed by atoms with Gasteiger partial charge in [0.2, 0.25) is 5.91 Å². The van der Waals surface area contributed by atoms with Crippen molar-refractivity contribution in [3.8, 4) is 0 Å². The minimum atomic E-state index is -0.386. The fourth-order valence-electron chi connectivity index (χ4n) is 2.64. The van der Waals surface area contributed by atoms with Crippen LogP contribution in [0.1, 0.15) is 39.2 Å². The highest BCUT2D eigenvalue weighted by Gasteiger charge is 2.35. The number of amides is 3. The fraction of sp³-hybridized carbons (Fsp3) is 0.529. The zero-order valence-corrected chi connectivity index (χ0v) is 13.8. The fourth-order valence-corrected chi connectivity index (χ4v) is 2.64. The molecule has 22 heavy (non-hydrogen) atoms. The van der Waals surface area contributed by atoms with Gasteiger partial charge in [-0.3, -0.25) is 4.79 Å². The lowest BCUT2D eigenvalue weighted by molar-refractivity contribution is -0.126. The molecule has 0 radical (unpaired) electrons. The number of anilines is 1. The van der Waals surface area contributed by atoms with Crippen LogP contribution in [0.15, 0.2) is 24.3 Å². The Kier molecular flexibility index (Phi) is 4.74. The molecule has 1 unspecified atom stereocenters. The minimum Gasteiger partial charge on any atom is -0.350 e. The molecule has 2 N–H and O–H groups in total. The molecule has 1 aromatic carbocycles. The molecule has 0 bridgehead atoms. The van der Waals surface area contributed by atoms with Crippen LogP contribution < -0.4 is 10.6 Å². The summed E-state index contributed by atoms with van der Waals surface area (Å²) >= 11 is 0. The van der Waals surface area contributed by atoms with Crippen molar-refractivity contribution in [2.45, 2.75) is 52.1 Å². The molecule has 5 nitrogen and oxygen atoms in total. The van der Waals surface area contributed by atoms with E-state index in [1.165, 1.54) is 0 Å². The van der Waals surface area contributed by atoms with Gasteiger partial charge in [0, 0.05) is 17.8 Å². The summed E-state index contributed by atoms with van der Waals surface area (Å²) in [6.45, 7) is 8.39. The number of hydrogen-bond donors (Lipinski definition) is 2. The number of benzene rings is 1. The van der Waals surface area contributed by atoms with Crippen molar-refractivity contribution in [3.05, 3.63) is 29.8 Å². The Morgan fingerprint density at radius 2 is 1.91 bits per heavy atom. The van der Waals surface area contributed by atoms with Crippen LogP contribution in [0, 0.1) is 6.92 Å². The third-order valence-electron chi connectivity index (χ3n) is 3.70. The van der Waals surface area contributed by atoms with Crippen LogP contribution in [0.3, 0.4) is 0 Å². The Bertz CT molecular complexity index is 563. The molecule has 0 saturated carbocycles. The number of carbonyl (C=O) groups is 2. The first-order valence-corrected chi connectivity index (χ1v) is 7.73. The van der Waals surface area contributed by atoms with Gasteiger partial charge < -0.3 is 15.5 Å². The molecular formula is C17H25N3O2. The van der Waals surface area contributed by atoms with Gasteiger partial charge in [0.25, 0.3) is 0 Å². The highest BCUT2D eigenvalue weighted by Crippen LogP contribution is 2.21. The van der Waals surface area contributed by atoms with E-state index < -0.39 is 0 Å². The molecular weight excluding hydrogens is 278 g/mol. The number of rotatable bonds is 2. The van der Waals surface area contributed by atoms with E-state index in [4.69, 9.17) is 0 Å². The van der Waals surface area contributed by atoms with E-state index in [0.717, 1.165) is 17.7 Å². The number of nitrogens with zero attached hydrogens (tertiary/aromatic N) is 1. The number of urea groups is 1. The largest absolute Gasteiger partial charge is 0.350 e. The van der Waals surface area contributed by atoms with Crippen molar-refractivity contribution >= 4 is 17.6 Å². The van der Waals surface area contributed by atoms with Crippen LogP contribution >= 0.6 is 0 Å². The van der Waals surface area contributed by atoms with Crippen molar-refractivity contribution < 1.29 is 9.59 Å². The first-order chi connectivity index (χ1) is 10.3. The standard InChI is InChI=1S/C17H25N3O2/c1-12-8-5-6-9-13(12)18-16(22)20-11-7-10-14(20)15(21)19-17(2,3)4/h5-6,8-9,14H,7,10-11H2,1-4H3,(H,18,22)(H,19,21). The van der Waals surface area contributed by atoms with E-state index in [-0.39, 0.29) is 23.5 Å². The number of likely N-dealkylation sites (tertiary alicyclic amines) is 1. The minimum absolute atomic E-state index is 0.0788. The van der Waals surface area contributed by atoms with Gasteiger partial charge in [-0.15, -0.1) is 0 Å². The van der Waals surface area contributed by atoms with E-state index in [9.17, 15) is 9.59 Å². The third-order valence-corrected chi connectivity index (χ3v) is 3.70. The zero-order valence-electron chi connectivity index (χ0n) is 13.8. The maximum Gasteiger partial charge on any atom is 0.322 e. The summed E-state index contributed by atoms with van der Waals surface area (Å²) in [4.78, 5) is 26.5. The smallest absolute Gasteiger partial charge is 0.322 e. The number of aryl methyl sites for hydroxylation is 1. The lowest BCUT2D eigenvalue weighted by Crippen LogP contribution is -2.52. The summed E-state index contributed by atoms with van der Waals surface area (Å²) in [5.74, 6) is -0.0788. The van der Waals surface area contributed by atoms with Crippen LogP contribution in [0.25, 0.3) is 0 Å². The molecule has 1 saturated heterocycles. The van der Waals surface area contributed by atoms with Crippen molar-refractivity contribution in [1.29, 1.82) is 0 Å². The topological polar surface area (TPSA) is 61.4 Å². The van der Waals surface area contributed by atoms with Crippen LogP contribution in [0.2, 0.25) is 0 Å². The normalized spacial score (nSPS) is 18.2. The van der Waals surface area contributed by atoms with Gasteiger partial charge >= 0.3 is 6.03 Å². The molecule has 1 atom stereocenters. The van der Waals surface area contributed by atoms with Crippen LogP contribution in [0.5, 0.6) is 0 Å². The molecule has 1 heterocycles. The van der Waals surface area contributed by atoms with E-state index in [2.05, 4.69) is 10.6 Å². The highest BCUT2D eigenvalue weighted by molar-refractivity contribution is 5.94. The van der Waals surface area contributed by atoms with Gasteiger partial charge in [-0.2, -0.15) is 0 Å².